The molecule has 0 aliphatic carbocycles. The Morgan fingerprint density at radius 1 is 1.03 bits per heavy atom. The highest BCUT2D eigenvalue weighted by molar-refractivity contribution is 5.81. The van der Waals surface area contributed by atoms with Gasteiger partial charge in [-0.15, -0.1) is 0 Å². The van der Waals surface area contributed by atoms with Gasteiger partial charge in [-0.25, -0.2) is 17.9 Å². The number of halogens is 3. The number of hydrogen-bond acceptors (Lipinski definition) is 4. The summed E-state index contributed by atoms with van der Waals surface area (Å²) in [7, 11) is 1.40. The van der Waals surface area contributed by atoms with Gasteiger partial charge in [-0.05, 0) is 67.1 Å². The molecule has 4 rings (SSSR count). The molecule has 0 fully saturated rings. The van der Waals surface area contributed by atoms with E-state index >= 15 is 0 Å². The lowest BCUT2D eigenvalue weighted by atomic mass is 10.0. The van der Waals surface area contributed by atoms with Crippen molar-refractivity contribution in [2.75, 3.05) is 13.7 Å². The molecule has 1 heterocycles. The highest BCUT2D eigenvalue weighted by atomic mass is 19.2. The van der Waals surface area contributed by atoms with Crippen molar-refractivity contribution in [1.29, 1.82) is 0 Å². The Balaban J connectivity index is 1.64. The van der Waals surface area contributed by atoms with Crippen molar-refractivity contribution in [2.24, 2.45) is 0 Å². The van der Waals surface area contributed by atoms with E-state index < -0.39 is 23.8 Å². The van der Waals surface area contributed by atoms with Gasteiger partial charge in [0, 0.05) is 12.5 Å². The molecule has 1 aromatic heterocycles. The molecule has 1 N–H and O–H groups in total. The van der Waals surface area contributed by atoms with Crippen molar-refractivity contribution in [3.63, 3.8) is 0 Å². The second-order valence-electron chi connectivity index (χ2n) is 7.75. The van der Waals surface area contributed by atoms with Gasteiger partial charge < -0.3 is 14.8 Å². The number of carbonyl (C=O) groups excluding carboxylic acids is 1. The van der Waals surface area contributed by atoms with E-state index in [1.807, 2.05) is 0 Å². The van der Waals surface area contributed by atoms with Crippen LogP contribution in [0.25, 0.3) is 16.6 Å². The van der Waals surface area contributed by atoms with Crippen LogP contribution in [0.4, 0.5) is 13.2 Å². The molecule has 6 nitrogen and oxygen atoms in total. The van der Waals surface area contributed by atoms with Crippen molar-refractivity contribution >= 4 is 16.8 Å². The van der Waals surface area contributed by atoms with Crippen LogP contribution in [0, 0.1) is 17.5 Å². The minimum Gasteiger partial charge on any atom is -0.484 e. The standard InChI is InChI=1S/C25H22F3N3O3/c1-15(30-24(32)14-33-2)25(16-3-9-21(27)22(28)12-16)34-20-8-10-23-17(11-20)13-29-31(23)19-6-4-18(26)5-7-19/h3-13,15,25H,14H2,1-2H3,(H,30,32)/t15-,25+/m0/s1. The quantitative estimate of drug-likeness (QED) is 0.406. The van der Waals surface area contributed by atoms with Crippen LogP contribution in [0.15, 0.2) is 66.9 Å². The first-order valence-corrected chi connectivity index (χ1v) is 10.5. The zero-order valence-corrected chi connectivity index (χ0v) is 18.5. The summed E-state index contributed by atoms with van der Waals surface area (Å²) in [4.78, 5) is 12.0. The molecule has 9 heteroatoms. The third kappa shape index (κ3) is 5.04. The number of hydrogen-bond donors (Lipinski definition) is 1. The van der Waals surface area contributed by atoms with E-state index in [4.69, 9.17) is 9.47 Å². The average molecular weight is 469 g/mol. The highest BCUT2D eigenvalue weighted by Gasteiger charge is 2.24. The summed E-state index contributed by atoms with van der Waals surface area (Å²) >= 11 is 0. The Morgan fingerprint density at radius 3 is 2.50 bits per heavy atom. The molecule has 4 aromatic rings. The maximum Gasteiger partial charge on any atom is 0.246 e. The van der Waals surface area contributed by atoms with Crippen LogP contribution < -0.4 is 10.1 Å². The van der Waals surface area contributed by atoms with Gasteiger partial charge in [0.2, 0.25) is 5.91 Å². The predicted molar refractivity (Wildman–Crippen MR) is 120 cm³/mol. The van der Waals surface area contributed by atoms with E-state index in [9.17, 15) is 18.0 Å². The van der Waals surface area contributed by atoms with Crippen LogP contribution in [0.2, 0.25) is 0 Å². The van der Waals surface area contributed by atoms with Crippen LogP contribution in [0.1, 0.15) is 18.6 Å². The summed E-state index contributed by atoms with van der Waals surface area (Å²) in [5, 5.41) is 7.87. The normalized spacial score (nSPS) is 13.0. The second-order valence-corrected chi connectivity index (χ2v) is 7.75. The van der Waals surface area contributed by atoms with E-state index in [-0.39, 0.29) is 18.3 Å². The number of aromatic nitrogens is 2. The number of methoxy groups -OCH3 is 1. The number of nitrogens with one attached hydrogen (secondary N) is 1. The SMILES string of the molecule is COCC(=O)N[C@@H](C)[C@@H](Oc1ccc2c(cnn2-c2ccc(F)cc2)c1)c1ccc(F)c(F)c1. The molecule has 0 saturated heterocycles. The maximum atomic E-state index is 13.9. The Hall–Kier alpha value is -3.85. The fourth-order valence-electron chi connectivity index (χ4n) is 3.67. The Labute approximate surface area is 193 Å². The van der Waals surface area contributed by atoms with Gasteiger partial charge in [0.15, 0.2) is 11.6 Å². The lowest BCUT2D eigenvalue weighted by Crippen LogP contribution is -2.40. The lowest BCUT2D eigenvalue weighted by molar-refractivity contribution is -0.126. The summed E-state index contributed by atoms with van der Waals surface area (Å²) in [5.74, 6) is -2.27. The maximum absolute atomic E-state index is 13.9. The molecule has 2 atom stereocenters. The van der Waals surface area contributed by atoms with Crippen LogP contribution in [-0.4, -0.2) is 35.4 Å². The number of carbonyl (C=O) groups is 1. The zero-order chi connectivity index (χ0) is 24.2. The molecule has 0 spiro atoms. The third-order valence-corrected chi connectivity index (χ3v) is 5.26. The molecular weight excluding hydrogens is 447 g/mol. The molecule has 0 radical (unpaired) electrons. The van der Waals surface area contributed by atoms with Crippen LogP contribution in [0.5, 0.6) is 5.75 Å². The van der Waals surface area contributed by atoms with Crippen LogP contribution in [-0.2, 0) is 9.53 Å². The van der Waals surface area contributed by atoms with E-state index in [0.29, 0.717) is 17.0 Å². The van der Waals surface area contributed by atoms with Crippen molar-refractivity contribution in [1.82, 2.24) is 15.1 Å². The number of nitrogens with zero attached hydrogens (tertiary/aromatic N) is 2. The molecule has 0 aliphatic heterocycles. The van der Waals surface area contributed by atoms with Crippen molar-refractivity contribution in [2.45, 2.75) is 19.1 Å². The van der Waals surface area contributed by atoms with Gasteiger partial charge in [-0.3, -0.25) is 4.79 Å². The summed E-state index contributed by atoms with van der Waals surface area (Å²) < 4.78 is 53.4. The summed E-state index contributed by atoms with van der Waals surface area (Å²) in [6.45, 7) is 1.55. The fraction of sp³-hybridized carbons (Fsp3) is 0.200. The molecule has 0 aliphatic rings. The highest BCUT2D eigenvalue weighted by Crippen LogP contribution is 2.29. The second kappa shape index (κ2) is 9.96. The van der Waals surface area contributed by atoms with Crippen molar-refractivity contribution < 1.29 is 27.4 Å². The fourth-order valence-corrected chi connectivity index (χ4v) is 3.67. The molecule has 0 bridgehead atoms. The van der Waals surface area contributed by atoms with Gasteiger partial charge in [-0.1, -0.05) is 6.07 Å². The Kier molecular flexibility index (Phi) is 6.83. The topological polar surface area (TPSA) is 65.4 Å². The van der Waals surface area contributed by atoms with Crippen LogP contribution in [0.3, 0.4) is 0 Å². The van der Waals surface area contributed by atoms with Crippen molar-refractivity contribution in [3.8, 4) is 11.4 Å². The first kappa shape index (κ1) is 23.3. The Bertz CT molecular complexity index is 1310. The number of amides is 1. The molecule has 34 heavy (non-hydrogen) atoms. The monoisotopic (exact) mass is 469 g/mol. The summed E-state index contributed by atoms with van der Waals surface area (Å²) in [5.41, 5.74) is 1.82. The number of ether oxygens (including phenoxy) is 2. The van der Waals surface area contributed by atoms with Crippen LogP contribution >= 0.6 is 0 Å². The largest absolute Gasteiger partial charge is 0.484 e. The minimum atomic E-state index is -1.02. The van der Waals surface area contributed by atoms with E-state index in [2.05, 4.69) is 10.4 Å². The van der Waals surface area contributed by atoms with E-state index in [1.165, 1.54) is 25.3 Å². The minimum absolute atomic E-state index is 0.149. The molecule has 3 aromatic carbocycles. The lowest BCUT2D eigenvalue weighted by Gasteiger charge is -2.26. The smallest absolute Gasteiger partial charge is 0.246 e. The first-order valence-electron chi connectivity index (χ1n) is 10.5. The van der Waals surface area contributed by atoms with Gasteiger partial charge in [0.25, 0.3) is 0 Å². The zero-order valence-electron chi connectivity index (χ0n) is 18.5. The summed E-state index contributed by atoms with van der Waals surface area (Å²) in [6, 6.07) is 14.1. The number of fused-ring (bicyclic) bond motifs is 1. The van der Waals surface area contributed by atoms with Gasteiger partial charge >= 0.3 is 0 Å². The molecular formula is C25H22F3N3O3. The van der Waals surface area contributed by atoms with E-state index in [1.54, 1.807) is 48.1 Å². The van der Waals surface area contributed by atoms with Gasteiger partial charge in [0.1, 0.15) is 24.3 Å². The Morgan fingerprint density at radius 2 is 1.79 bits per heavy atom. The molecule has 0 saturated carbocycles. The molecule has 1 amide bonds. The number of rotatable bonds is 8. The van der Waals surface area contributed by atoms with Gasteiger partial charge in [0.05, 0.1) is 23.4 Å². The van der Waals surface area contributed by atoms with Crippen molar-refractivity contribution in [3.05, 3.63) is 89.9 Å². The van der Waals surface area contributed by atoms with E-state index in [0.717, 1.165) is 23.0 Å². The molecule has 0 unspecified atom stereocenters. The summed E-state index contributed by atoms with van der Waals surface area (Å²) in [6.07, 6.45) is 0.822. The first-order chi connectivity index (χ1) is 16.4. The van der Waals surface area contributed by atoms with Gasteiger partial charge in [-0.2, -0.15) is 5.10 Å². The third-order valence-electron chi connectivity index (χ3n) is 5.26. The number of benzene rings is 3. The predicted octanol–water partition coefficient (Wildman–Crippen LogP) is 4.71. The molecule has 176 valence electrons. The average Bonchev–Trinajstić information content (AvgIpc) is 3.23.